The first-order valence-electron chi connectivity index (χ1n) is 11.0. The van der Waals surface area contributed by atoms with Gasteiger partial charge in [-0.05, 0) is 38.2 Å². The van der Waals surface area contributed by atoms with Gasteiger partial charge in [0, 0.05) is 25.9 Å². The lowest BCUT2D eigenvalue weighted by Crippen LogP contribution is -2.40. The topological polar surface area (TPSA) is 95.9 Å². The molecule has 7 heteroatoms. The van der Waals surface area contributed by atoms with Crippen LogP contribution in [0.2, 0.25) is 0 Å². The maximum atomic E-state index is 13.0. The summed E-state index contributed by atoms with van der Waals surface area (Å²) in [6.45, 7) is 2.41. The molecule has 0 saturated carbocycles. The van der Waals surface area contributed by atoms with Crippen molar-refractivity contribution in [2.75, 3.05) is 19.7 Å². The quantitative estimate of drug-likeness (QED) is 0.534. The van der Waals surface area contributed by atoms with Crippen molar-refractivity contribution in [1.29, 1.82) is 0 Å². The molecular formula is C24H34N2O5. The first kappa shape index (κ1) is 24.6. The van der Waals surface area contributed by atoms with E-state index in [0.717, 1.165) is 24.8 Å². The van der Waals surface area contributed by atoms with Crippen LogP contribution in [0, 0.1) is 5.92 Å². The number of ether oxygens (including phenoxy) is 1. The summed E-state index contributed by atoms with van der Waals surface area (Å²) in [6.07, 6.45) is 6.87. The van der Waals surface area contributed by atoms with Crippen LogP contribution >= 0.6 is 0 Å². The van der Waals surface area contributed by atoms with Crippen LogP contribution in [-0.4, -0.2) is 53.6 Å². The van der Waals surface area contributed by atoms with E-state index in [9.17, 15) is 19.5 Å². The van der Waals surface area contributed by atoms with Crippen LogP contribution < -0.4 is 5.32 Å². The average molecular weight is 431 g/mol. The summed E-state index contributed by atoms with van der Waals surface area (Å²) in [4.78, 5) is 39.2. The molecule has 2 N–H and O–H groups in total. The predicted molar refractivity (Wildman–Crippen MR) is 118 cm³/mol. The van der Waals surface area contributed by atoms with E-state index in [4.69, 9.17) is 4.74 Å². The van der Waals surface area contributed by atoms with Crippen molar-refractivity contribution >= 4 is 17.8 Å². The van der Waals surface area contributed by atoms with Gasteiger partial charge in [0.2, 0.25) is 11.8 Å². The fraction of sp³-hybridized carbons (Fsp3) is 0.542. The SMILES string of the molecule is C[C@H]1CNC(=O)[C@@H](CC(=O)N(CCO)Cc2ccccc2)CC=CCCCCC(=O)O1. The van der Waals surface area contributed by atoms with Crippen molar-refractivity contribution in [3.63, 3.8) is 0 Å². The number of nitrogens with one attached hydrogen (secondary N) is 1. The van der Waals surface area contributed by atoms with Gasteiger partial charge in [-0.1, -0.05) is 42.5 Å². The lowest BCUT2D eigenvalue weighted by molar-refractivity contribution is -0.148. The minimum Gasteiger partial charge on any atom is -0.461 e. The number of cyclic esters (lactones) is 1. The number of aliphatic hydroxyl groups is 1. The lowest BCUT2D eigenvalue weighted by atomic mass is 9.98. The van der Waals surface area contributed by atoms with Gasteiger partial charge in [-0.25, -0.2) is 0 Å². The first-order valence-corrected chi connectivity index (χ1v) is 11.0. The van der Waals surface area contributed by atoms with Gasteiger partial charge >= 0.3 is 5.97 Å². The maximum Gasteiger partial charge on any atom is 0.306 e. The van der Waals surface area contributed by atoms with E-state index in [0.29, 0.717) is 19.4 Å². The van der Waals surface area contributed by atoms with Gasteiger partial charge in [-0.3, -0.25) is 14.4 Å². The predicted octanol–water partition coefficient (Wildman–Crippen LogP) is 2.58. The molecule has 0 aromatic heterocycles. The van der Waals surface area contributed by atoms with Crippen LogP contribution in [0.1, 0.15) is 51.0 Å². The molecule has 0 radical (unpaired) electrons. The Morgan fingerprint density at radius 3 is 2.71 bits per heavy atom. The fourth-order valence-corrected chi connectivity index (χ4v) is 3.46. The molecule has 170 valence electrons. The smallest absolute Gasteiger partial charge is 0.306 e. The highest BCUT2D eigenvalue weighted by molar-refractivity contribution is 5.86. The van der Waals surface area contributed by atoms with Crippen LogP contribution in [0.25, 0.3) is 0 Å². The minimum atomic E-state index is -0.522. The van der Waals surface area contributed by atoms with Crippen molar-refractivity contribution in [1.82, 2.24) is 10.2 Å². The van der Waals surface area contributed by atoms with Crippen LogP contribution in [0.3, 0.4) is 0 Å². The molecule has 2 amide bonds. The average Bonchev–Trinajstić information content (AvgIpc) is 2.75. The number of hydrogen-bond acceptors (Lipinski definition) is 5. The Balaban J connectivity index is 2.05. The van der Waals surface area contributed by atoms with E-state index in [1.807, 2.05) is 42.5 Å². The third kappa shape index (κ3) is 9.34. The highest BCUT2D eigenvalue weighted by Crippen LogP contribution is 2.16. The number of carbonyl (C=O) groups excluding carboxylic acids is 3. The fourth-order valence-electron chi connectivity index (χ4n) is 3.46. The first-order chi connectivity index (χ1) is 15.0. The number of benzene rings is 1. The lowest BCUT2D eigenvalue weighted by Gasteiger charge is -2.25. The van der Waals surface area contributed by atoms with Crippen LogP contribution in [-0.2, 0) is 25.7 Å². The summed E-state index contributed by atoms with van der Waals surface area (Å²) in [6, 6.07) is 9.57. The van der Waals surface area contributed by atoms with E-state index >= 15 is 0 Å². The molecular weight excluding hydrogens is 396 g/mol. The molecule has 0 bridgehead atoms. The Bertz CT molecular complexity index is 735. The molecule has 1 aromatic carbocycles. The standard InChI is InChI=1S/C24H34N2O5/c1-19-17-25-24(30)21(12-8-3-2-4-9-13-23(29)31-19)16-22(28)26(14-15-27)18-20-10-6-5-7-11-20/h3,5-8,10-11,19,21,27H,2,4,9,12-18H2,1H3,(H,25,30)/t19-,21+/m0/s1. The molecule has 1 aliphatic rings. The zero-order valence-electron chi connectivity index (χ0n) is 18.3. The molecule has 1 aliphatic heterocycles. The normalized spacial score (nSPS) is 21.0. The number of aliphatic hydroxyl groups excluding tert-OH is 1. The summed E-state index contributed by atoms with van der Waals surface area (Å²) >= 11 is 0. The number of rotatable bonds is 6. The molecule has 0 saturated heterocycles. The summed E-state index contributed by atoms with van der Waals surface area (Å²) in [5.74, 6) is -1.18. The zero-order valence-corrected chi connectivity index (χ0v) is 18.3. The Hall–Kier alpha value is -2.67. The summed E-state index contributed by atoms with van der Waals surface area (Å²) in [5.41, 5.74) is 0.968. The maximum absolute atomic E-state index is 13.0. The Morgan fingerprint density at radius 2 is 1.97 bits per heavy atom. The summed E-state index contributed by atoms with van der Waals surface area (Å²) in [7, 11) is 0. The number of esters is 1. The van der Waals surface area contributed by atoms with Crippen LogP contribution in [0.5, 0.6) is 0 Å². The molecule has 1 heterocycles. The van der Waals surface area contributed by atoms with E-state index in [2.05, 4.69) is 5.32 Å². The zero-order chi connectivity index (χ0) is 22.5. The number of nitrogens with zero attached hydrogens (tertiary/aromatic N) is 1. The van der Waals surface area contributed by atoms with Gasteiger partial charge in [-0.2, -0.15) is 0 Å². The van der Waals surface area contributed by atoms with Crippen LogP contribution in [0.4, 0.5) is 0 Å². The third-order valence-corrected chi connectivity index (χ3v) is 5.22. The Kier molecular flexibility index (Phi) is 10.8. The van der Waals surface area contributed by atoms with Crippen LogP contribution in [0.15, 0.2) is 42.5 Å². The monoisotopic (exact) mass is 430 g/mol. The van der Waals surface area contributed by atoms with Gasteiger partial charge in [0.25, 0.3) is 0 Å². The molecule has 7 nitrogen and oxygen atoms in total. The molecule has 0 unspecified atom stereocenters. The molecule has 1 aromatic rings. The van der Waals surface area contributed by atoms with Crippen molar-refractivity contribution in [2.24, 2.45) is 5.92 Å². The molecule has 2 atom stereocenters. The second-order valence-electron chi connectivity index (χ2n) is 7.92. The van der Waals surface area contributed by atoms with E-state index in [1.165, 1.54) is 0 Å². The van der Waals surface area contributed by atoms with Gasteiger partial charge in [0.15, 0.2) is 0 Å². The van der Waals surface area contributed by atoms with Crippen molar-refractivity contribution in [3.05, 3.63) is 48.0 Å². The highest BCUT2D eigenvalue weighted by atomic mass is 16.5. The number of carbonyl (C=O) groups is 3. The molecule has 0 spiro atoms. The van der Waals surface area contributed by atoms with Crippen molar-refractivity contribution in [2.45, 2.75) is 58.1 Å². The van der Waals surface area contributed by atoms with E-state index < -0.39 is 12.0 Å². The Labute approximate surface area is 184 Å². The van der Waals surface area contributed by atoms with Gasteiger partial charge in [0.1, 0.15) is 6.10 Å². The van der Waals surface area contributed by atoms with Crippen molar-refractivity contribution < 1.29 is 24.2 Å². The van der Waals surface area contributed by atoms with Gasteiger partial charge in [0.05, 0.1) is 19.1 Å². The van der Waals surface area contributed by atoms with Gasteiger partial charge in [-0.15, -0.1) is 0 Å². The van der Waals surface area contributed by atoms with E-state index in [1.54, 1.807) is 11.8 Å². The minimum absolute atomic E-state index is 0.0528. The molecule has 0 fully saturated rings. The van der Waals surface area contributed by atoms with E-state index in [-0.39, 0.29) is 43.9 Å². The second kappa shape index (κ2) is 13.6. The third-order valence-electron chi connectivity index (χ3n) is 5.22. The second-order valence-corrected chi connectivity index (χ2v) is 7.92. The summed E-state index contributed by atoms with van der Waals surface area (Å²) in [5, 5.41) is 12.2. The molecule has 31 heavy (non-hydrogen) atoms. The number of allylic oxidation sites excluding steroid dienone is 2. The highest BCUT2D eigenvalue weighted by Gasteiger charge is 2.25. The Morgan fingerprint density at radius 1 is 1.19 bits per heavy atom. The largest absolute Gasteiger partial charge is 0.461 e. The van der Waals surface area contributed by atoms with Crippen molar-refractivity contribution in [3.8, 4) is 0 Å². The molecule has 2 rings (SSSR count). The number of amides is 2. The molecule has 0 aliphatic carbocycles. The number of hydrogen-bond donors (Lipinski definition) is 2. The van der Waals surface area contributed by atoms with Gasteiger partial charge < -0.3 is 20.1 Å². The summed E-state index contributed by atoms with van der Waals surface area (Å²) < 4.78 is 5.32.